The van der Waals surface area contributed by atoms with E-state index >= 15 is 0 Å². The third kappa shape index (κ3) is 3.75. The average molecular weight is 384 g/mol. The minimum Gasteiger partial charge on any atom is -0.493 e. The Hall–Kier alpha value is -3.51. The van der Waals surface area contributed by atoms with Crippen LogP contribution in [-0.4, -0.2) is 13.2 Å². The zero-order valence-corrected chi connectivity index (χ0v) is 16.5. The summed E-state index contributed by atoms with van der Waals surface area (Å²) in [5.41, 5.74) is 1.68. The molecule has 0 spiro atoms. The maximum Gasteiger partial charge on any atom is 0.172 e. The second-order valence-corrected chi connectivity index (χ2v) is 6.59. The highest BCUT2D eigenvalue weighted by Gasteiger charge is 2.09. The van der Waals surface area contributed by atoms with Crippen LogP contribution in [0.2, 0.25) is 0 Å². The Morgan fingerprint density at radius 3 is 2.28 bits per heavy atom. The molecule has 0 atom stereocenters. The second-order valence-electron chi connectivity index (χ2n) is 6.59. The molecule has 29 heavy (non-hydrogen) atoms. The Labute approximate surface area is 169 Å². The van der Waals surface area contributed by atoms with Gasteiger partial charge in [0.2, 0.25) is 0 Å². The van der Waals surface area contributed by atoms with E-state index in [1.165, 1.54) is 0 Å². The predicted molar refractivity (Wildman–Crippen MR) is 116 cm³/mol. The van der Waals surface area contributed by atoms with E-state index in [1.807, 2.05) is 62.4 Å². The summed E-state index contributed by atoms with van der Waals surface area (Å²) in [5.74, 6) is 7.20. The lowest BCUT2D eigenvalue weighted by Gasteiger charge is -2.09. The van der Waals surface area contributed by atoms with Crippen molar-refractivity contribution in [1.29, 1.82) is 0 Å². The summed E-state index contributed by atoms with van der Waals surface area (Å²) in [4.78, 5) is 0. The van der Waals surface area contributed by atoms with Gasteiger partial charge in [0.05, 0.1) is 18.8 Å². The van der Waals surface area contributed by atoms with E-state index in [9.17, 15) is 4.39 Å². The maximum absolute atomic E-state index is 14.6. The molecular weight excluding hydrogens is 363 g/mol. The van der Waals surface area contributed by atoms with Crippen molar-refractivity contribution < 1.29 is 13.9 Å². The van der Waals surface area contributed by atoms with Gasteiger partial charge >= 0.3 is 0 Å². The molecule has 0 aliphatic rings. The van der Waals surface area contributed by atoms with Crippen molar-refractivity contribution in [2.24, 2.45) is 0 Å². The summed E-state index contributed by atoms with van der Waals surface area (Å²) in [6.07, 6.45) is 0. The van der Waals surface area contributed by atoms with Crippen LogP contribution in [0.25, 0.3) is 21.5 Å². The topological polar surface area (TPSA) is 18.5 Å². The van der Waals surface area contributed by atoms with Crippen LogP contribution in [0.1, 0.15) is 25.0 Å². The lowest BCUT2D eigenvalue weighted by Crippen LogP contribution is -1.95. The summed E-state index contributed by atoms with van der Waals surface area (Å²) in [5, 5.41) is 3.49. The van der Waals surface area contributed by atoms with Crippen molar-refractivity contribution in [2.45, 2.75) is 13.8 Å². The zero-order chi connectivity index (χ0) is 20.2. The smallest absolute Gasteiger partial charge is 0.172 e. The van der Waals surface area contributed by atoms with Crippen molar-refractivity contribution in [3.63, 3.8) is 0 Å². The molecule has 0 unspecified atom stereocenters. The van der Waals surface area contributed by atoms with Crippen LogP contribution >= 0.6 is 0 Å². The van der Waals surface area contributed by atoms with Gasteiger partial charge in [0, 0.05) is 16.3 Å². The maximum atomic E-state index is 14.6. The first-order valence-corrected chi connectivity index (χ1v) is 9.73. The fourth-order valence-electron chi connectivity index (χ4n) is 3.41. The van der Waals surface area contributed by atoms with Crippen LogP contribution in [0.4, 0.5) is 4.39 Å². The summed E-state index contributed by atoms with van der Waals surface area (Å²) in [7, 11) is 0. The number of rotatable bonds is 4. The van der Waals surface area contributed by atoms with Gasteiger partial charge in [-0.2, -0.15) is 0 Å². The van der Waals surface area contributed by atoms with E-state index < -0.39 is 0 Å². The van der Waals surface area contributed by atoms with Crippen molar-refractivity contribution in [3.05, 3.63) is 83.7 Å². The van der Waals surface area contributed by atoms with E-state index in [1.54, 1.807) is 12.1 Å². The van der Waals surface area contributed by atoms with Gasteiger partial charge in [-0.25, -0.2) is 4.39 Å². The van der Waals surface area contributed by atoms with E-state index in [0.717, 1.165) is 33.0 Å². The molecule has 4 aromatic carbocycles. The lowest BCUT2D eigenvalue weighted by atomic mass is 10.0. The molecule has 0 N–H and O–H groups in total. The fraction of sp³-hybridized carbons (Fsp3) is 0.154. The zero-order valence-electron chi connectivity index (χ0n) is 16.5. The number of benzene rings is 4. The first kappa shape index (κ1) is 18.8. The lowest BCUT2D eigenvalue weighted by molar-refractivity contribution is 0.323. The highest BCUT2D eigenvalue weighted by atomic mass is 19.1. The van der Waals surface area contributed by atoms with Crippen LogP contribution in [-0.2, 0) is 0 Å². The molecule has 3 heteroatoms. The number of hydrogen-bond donors (Lipinski definition) is 0. The summed E-state index contributed by atoms with van der Waals surface area (Å²) in [6.45, 7) is 4.80. The Morgan fingerprint density at radius 1 is 0.724 bits per heavy atom. The minimum absolute atomic E-state index is 0.274. The normalized spacial score (nSPS) is 10.6. The molecule has 0 heterocycles. The summed E-state index contributed by atoms with van der Waals surface area (Å²) < 4.78 is 25.7. The van der Waals surface area contributed by atoms with Crippen molar-refractivity contribution >= 4 is 21.5 Å². The van der Waals surface area contributed by atoms with Gasteiger partial charge < -0.3 is 9.47 Å². The Balaban J connectivity index is 1.78. The molecule has 144 valence electrons. The molecule has 0 aromatic heterocycles. The van der Waals surface area contributed by atoms with Gasteiger partial charge in [-0.15, -0.1) is 0 Å². The van der Waals surface area contributed by atoms with Crippen molar-refractivity contribution in [1.82, 2.24) is 0 Å². The van der Waals surface area contributed by atoms with Gasteiger partial charge in [0.15, 0.2) is 11.6 Å². The Bertz CT molecular complexity index is 1250. The van der Waals surface area contributed by atoms with Crippen LogP contribution in [0.15, 0.2) is 66.7 Å². The molecular formula is C26H21FO2. The minimum atomic E-state index is -0.337. The molecule has 0 saturated heterocycles. The SMILES string of the molecule is CCOc1ccc2cc(C#Cc3c(OCC)ccc4ccccc34)ccc2c1F. The van der Waals surface area contributed by atoms with E-state index in [4.69, 9.17) is 9.47 Å². The van der Waals surface area contributed by atoms with E-state index in [-0.39, 0.29) is 11.6 Å². The third-order valence-electron chi connectivity index (χ3n) is 4.74. The van der Waals surface area contributed by atoms with Gasteiger partial charge in [-0.1, -0.05) is 54.3 Å². The van der Waals surface area contributed by atoms with Gasteiger partial charge in [0.25, 0.3) is 0 Å². The summed E-state index contributed by atoms with van der Waals surface area (Å²) in [6, 6.07) is 21.1. The van der Waals surface area contributed by atoms with Gasteiger partial charge in [-0.05, 0) is 48.9 Å². The van der Waals surface area contributed by atoms with E-state index in [0.29, 0.717) is 18.6 Å². The van der Waals surface area contributed by atoms with Crippen molar-refractivity contribution in [3.8, 4) is 23.3 Å². The van der Waals surface area contributed by atoms with Crippen molar-refractivity contribution in [2.75, 3.05) is 13.2 Å². The number of ether oxygens (including phenoxy) is 2. The monoisotopic (exact) mass is 384 g/mol. The van der Waals surface area contributed by atoms with Crippen LogP contribution in [0.5, 0.6) is 11.5 Å². The van der Waals surface area contributed by atoms with E-state index in [2.05, 4.69) is 17.9 Å². The quantitative estimate of drug-likeness (QED) is 0.383. The number of hydrogen-bond acceptors (Lipinski definition) is 2. The summed E-state index contributed by atoms with van der Waals surface area (Å²) >= 11 is 0. The predicted octanol–water partition coefficient (Wildman–Crippen LogP) is 6.33. The van der Waals surface area contributed by atoms with Crippen LogP contribution in [0.3, 0.4) is 0 Å². The Morgan fingerprint density at radius 2 is 1.45 bits per heavy atom. The molecule has 4 rings (SSSR count). The molecule has 0 bridgehead atoms. The molecule has 0 amide bonds. The largest absolute Gasteiger partial charge is 0.493 e. The Kier molecular flexibility index (Phi) is 5.35. The van der Waals surface area contributed by atoms with Gasteiger partial charge in [0.1, 0.15) is 5.75 Å². The first-order valence-electron chi connectivity index (χ1n) is 9.73. The molecule has 0 aliphatic carbocycles. The highest BCUT2D eigenvalue weighted by molar-refractivity contribution is 5.91. The fourth-order valence-corrected chi connectivity index (χ4v) is 3.41. The second kappa shape index (κ2) is 8.24. The average Bonchev–Trinajstić information content (AvgIpc) is 2.75. The van der Waals surface area contributed by atoms with Crippen LogP contribution < -0.4 is 9.47 Å². The molecule has 2 nitrogen and oxygen atoms in total. The molecule has 0 fully saturated rings. The third-order valence-corrected chi connectivity index (χ3v) is 4.74. The standard InChI is InChI=1S/C26H21FO2/c1-3-28-24-15-11-19-7-5-6-8-21(19)23(24)14-10-18-9-13-22-20(17-18)12-16-25(26(22)27)29-4-2/h5-9,11-13,15-17H,3-4H2,1-2H3. The van der Waals surface area contributed by atoms with Crippen LogP contribution in [0, 0.1) is 17.7 Å². The number of halogens is 1. The molecule has 0 radical (unpaired) electrons. The first-order chi connectivity index (χ1) is 14.2. The number of fused-ring (bicyclic) bond motifs is 2. The molecule has 0 saturated carbocycles. The highest BCUT2D eigenvalue weighted by Crippen LogP contribution is 2.29. The van der Waals surface area contributed by atoms with Gasteiger partial charge in [-0.3, -0.25) is 0 Å². The molecule has 4 aromatic rings. The molecule has 0 aliphatic heterocycles.